The zero-order chi connectivity index (χ0) is 16.2. The summed E-state index contributed by atoms with van der Waals surface area (Å²) in [6.45, 7) is 3.59. The molecule has 7 nitrogen and oxygen atoms in total. The van der Waals surface area contributed by atoms with E-state index in [4.69, 9.17) is 0 Å². The van der Waals surface area contributed by atoms with Crippen LogP contribution in [0.3, 0.4) is 0 Å². The maximum absolute atomic E-state index is 12.3. The van der Waals surface area contributed by atoms with E-state index in [9.17, 15) is 9.59 Å². The molecule has 1 aliphatic heterocycles. The molecular formula is C15H19N5O2S. The van der Waals surface area contributed by atoms with Crippen LogP contribution in [0.25, 0.3) is 0 Å². The Morgan fingerprint density at radius 3 is 3.17 bits per heavy atom. The van der Waals surface area contributed by atoms with E-state index >= 15 is 0 Å². The number of thioether (sulfide) groups is 1. The predicted molar refractivity (Wildman–Crippen MR) is 87.3 cm³/mol. The number of imidazole rings is 1. The van der Waals surface area contributed by atoms with Gasteiger partial charge >= 0.3 is 0 Å². The number of amides is 1. The molecule has 0 fully saturated rings. The van der Waals surface area contributed by atoms with Gasteiger partial charge in [0.1, 0.15) is 0 Å². The van der Waals surface area contributed by atoms with Crippen molar-refractivity contribution in [2.75, 3.05) is 12.3 Å². The molecule has 1 amide bonds. The maximum Gasteiger partial charge on any atom is 0.257 e. The number of hydrogen-bond acceptors (Lipinski definition) is 5. The monoisotopic (exact) mass is 333 g/mol. The fourth-order valence-electron chi connectivity index (χ4n) is 2.50. The van der Waals surface area contributed by atoms with Gasteiger partial charge in [-0.1, -0.05) is 11.8 Å². The summed E-state index contributed by atoms with van der Waals surface area (Å²) in [7, 11) is 0. The highest BCUT2D eigenvalue weighted by molar-refractivity contribution is 7.99. The molecule has 0 spiro atoms. The first-order valence-corrected chi connectivity index (χ1v) is 8.56. The number of aromatic nitrogens is 4. The third kappa shape index (κ3) is 3.64. The van der Waals surface area contributed by atoms with Crippen molar-refractivity contribution in [3.05, 3.63) is 40.8 Å². The van der Waals surface area contributed by atoms with Crippen molar-refractivity contribution >= 4 is 17.7 Å². The summed E-state index contributed by atoms with van der Waals surface area (Å²) >= 11 is 1.46. The van der Waals surface area contributed by atoms with Gasteiger partial charge < -0.3 is 9.88 Å². The Kier molecular flexibility index (Phi) is 4.80. The first-order valence-electron chi connectivity index (χ1n) is 7.58. The van der Waals surface area contributed by atoms with Crippen molar-refractivity contribution in [2.45, 2.75) is 31.6 Å². The molecule has 0 saturated carbocycles. The summed E-state index contributed by atoms with van der Waals surface area (Å²) in [4.78, 5) is 32.7. The third-order valence-electron chi connectivity index (χ3n) is 3.82. The van der Waals surface area contributed by atoms with Gasteiger partial charge in [0.25, 0.3) is 5.56 Å². The Morgan fingerprint density at radius 1 is 1.52 bits per heavy atom. The van der Waals surface area contributed by atoms with E-state index in [2.05, 4.69) is 15.3 Å². The third-order valence-corrected chi connectivity index (χ3v) is 4.97. The lowest BCUT2D eigenvalue weighted by Crippen LogP contribution is -2.40. The van der Waals surface area contributed by atoms with Crippen LogP contribution < -0.4 is 10.9 Å². The molecule has 1 N–H and O–H groups in total. The minimum Gasteiger partial charge on any atom is -0.356 e. The van der Waals surface area contributed by atoms with E-state index in [-0.39, 0.29) is 17.4 Å². The zero-order valence-electron chi connectivity index (χ0n) is 12.9. The molecule has 0 aliphatic carbocycles. The van der Waals surface area contributed by atoms with Crippen molar-refractivity contribution in [3.8, 4) is 0 Å². The van der Waals surface area contributed by atoms with Gasteiger partial charge in [0.05, 0.1) is 12.2 Å². The molecule has 23 heavy (non-hydrogen) atoms. The number of nitrogens with one attached hydrogen (secondary N) is 1. The first kappa shape index (κ1) is 15.8. The Morgan fingerprint density at radius 2 is 2.39 bits per heavy atom. The summed E-state index contributed by atoms with van der Waals surface area (Å²) in [6, 6.07) is 0. The number of carbonyl (C=O) groups is 1. The van der Waals surface area contributed by atoms with Gasteiger partial charge in [-0.25, -0.2) is 9.97 Å². The smallest absolute Gasteiger partial charge is 0.257 e. The van der Waals surface area contributed by atoms with Crippen LogP contribution in [0.5, 0.6) is 0 Å². The van der Waals surface area contributed by atoms with E-state index in [1.54, 1.807) is 30.2 Å². The molecule has 1 atom stereocenters. The highest BCUT2D eigenvalue weighted by Crippen LogP contribution is 2.24. The number of carbonyl (C=O) groups excluding carboxylic acids is 1. The molecule has 2 aromatic rings. The van der Waals surface area contributed by atoms with Gasteiger partial charge in [0, 0.05) is 49.5 Å². The second-order valence-electron chi connectivity index (χ2n) is 5.59. The molecule has 0 radical (unpaired) electrons. The zero-order valence-corrected chi connectivity index (χ0v) is 13.8. The lowest BCUT2D eigenvalue weighted by Gasteiger charge is -2.24. The molecule has 0 aromatic carbocycles. The molecule has 8 heteroatoms. The van der Waals surface area contributed by atoms with Gasteiger partial charge in [0.2, 0.25) is 5.91 Å². The number of rotatable bonds is 5. The quantitative estimate of drug-likeness (QED) is 0.643. The van der Waals surface area contributed by atoms with Crippen LogP contribution in [0.2, 0.25) is 0 Å². The second kappa shape index (κ2) is 6.99. The van der Waals surface area contributed by atoms with Gasteiger partial charge in [-0.3, -0.25) is 14.2 Å². The van der Waals surface area contributed by atoms with Gasteiger partial charge in [-0.15, -0.1) is 0 Å². The van der Waals surface area contributed by atoms with E-state index in [1.807, 2.05) is 10.8 Å². The number of nitrogens with zero attached hydrogens (tertiary/aromatic N) is 4. The van der Waals surface area contributed by atoms with Crippen molar-refractivity contribution in [1.29, 1.82) is 0 Å². The van der Waals surface area contributed by atoms with Crippen LogP contribution in [-0.2, 0) is 17.9 Å². The Bertz CT molecular complexity index is 741. The minimum atomic E-state index is -0.193. The number of aryl methyl sites for hydroxylation is 2. The summed E-state index contributed by atoms with van der Waals surface area (Å²) in [5.41, 5.74) is 0.552. The van der Waals surface area contributed by atoms with Gasteiger partial charge in [-0.2, -0.15) is 0 Å². The van der Waals surface area contributed by atoms with Crippen LogP contribution >= 0.6 is 11.8 Å². The highest BCUT2D eigenvalue weighted by Gasteiger charge is 2.26. The van der Waals surface area contributed by atoms with Gasteiger partial charge in [-0.05, 0) is 13.3 Å². The van der Waals surface area contributed by atoms with Crippen LogP contribution in [0.4, 0.5) is 0 Å². The summed E-state index contributed by atoms with van der Waals surface area (Å²) < 4.78 is 3.59. The average Bonchev–Trinajstić information content (AvgIpc) is 3.08. The summed E-state index contributed by atoms with van der Waals surface area (Å²) in [6.07, 6.45) is 7.84. The van der Waals surface area contributed by atoms with E-state index in [0.717, 1.165) is 13.0 Å². The number of fused-ring (bicyclic) bond motifs is 1. The molecule has 3 heterocycles. The molecule has 2 aromatic heterocycles. The highest BCUT2D eigenvalue weighted by atomic mass is 32.2. The van der Waals surface area contributed by atoms with Gasteiger partial charge in [0.15, 0.2) is 5.16 Å². The Labute approximate surface area is 138 Å². The SMILES string of the molecule is Cc1cnc2n(c1=O)CC(C(=O)NCCCn1ccnc1)CS2. The molecule has 0 saturated heterocycles. The van der Waals surface area contributed by atoms with E-state index < -0.39 is 0 Å². The van der Waals surface area contributed by atoms with Crippen molar-refractivity contribution < 1.29 is 4.79 Å². The van der Waals surface area contributed by atoms with Crippen LogP contribution in [0, 0.1) is 12.8 Å². The minimum absolute atomic E-state index is 0.00203. The lowest BCUT2D eigenvalue weighted by molar-refractivity contribution is -0.124. The van der Waals surface area contributed by atoms with Crippen molar-refractivity contribution in [2.24, 2.45) is 5.92 Å². The predicted octanol–water partition coefficient (Wildman–Crippen LogP) is 0.677. The Hall–Kier alpha value is -2.09. The first-order chi connectivity index (χ1) is 11.1. The largest absolute Gasteiger partial charge is 0.356 e. The normalized spacial score (nSPS) is 16.8. The molecule has 1 aliphatic rings. The standard InChI is InChI=1S/C15H19N5O2S/c1-11-7-18-15-20(14(11)22)8-12(9-23-15)13(21)17-3-2-5-19-6-4-16-10-19/h4,6-7,10,12H,2-3,5,8-9H2,1H3,(H,17,21). The summed E-state index contributed by atoms with van der Waals surface area (Å²) in [5.74, 6) is 0.465. The average molecular weight is 333 g/mol. The lowest BCUT2D eigenvalue weighted by atomic mass is 10.1. The number of hydrogen-bond donors (Lipinski definition) is 1. The molecule has 122 valence electrons. The molecule has 0 bridgehead atoms. The van der Waals surface area contributed by atoms with Crippen LogP contribution in [0.1, 0.15) is 12.0 Å². The van der Waals surface area contributed by atoms with Crippen LogP contribution in [-0.4, -0.2) is 37.3 Å². The molecule has 3 rings (SSSR count). The fraction of sp³-hybridized carbons (Fsp3) is 0.467. The Balaban J connectivity index is 1.52. The second-order valence-corrected chi connectivity index (χ2v) is 6.58. The van der Waals surface area contributed by atoms with Crippen molar-refractivity contribution in [3.63, 3.8) is 0 Å². The maximum atomic E-state index is 12.3. The fourth-order valence-corrected chi connectivity index (χ4v) is 3.54. The summed E-state index contributed by atoms with van der Waals surface area (Å²) in [5, 5.41) is 3.66. The van der Waals surface area contributed by atoms with E-state index in [0.29, 0.717) is 29.6 Å². The van der Waals surface area contributed by atoms with Crippen molar-refractivity contribution in [1.82, 2.24) is 24.4 Å². The van der Waals surface area contributed by atoms with E-state index in [1.165, 1.54) is 11.8 Å². The molecular weight excluding hydrogens is 314 g/mol. The van der Waals surface area contributed by atoms with Crippen LogP contribution in [0.15, 0.2) is 34.9 Å². The molecule has 1 unspecified atom stereocenters. The topological polar surface area (TPSA) is 81.8 Å².